The van der Waals surface area contributed by atoms with Crippen LogP contribution >= 0.6 is 0 Å². The number of carbonyl (C=O) groups is 2. The number of carbonyl (C=O) groups excluding carboxylic acids is 2. The number of rotatable bonds is 13. The van der Waals surface area contributed by atoms with E-state index in [1.165, 1.54) is 37.3 Å². The summed E-state index contributed by atoms with van der Waals surface area (Å²) < 4.78 is 45.1. The van der Waals surface area contributed by atoms with E-state index in [2.05, 4.69) is 5.32 Å². The Morgan fingerprint density at radius 2 is 1.45 bits per heavy atom. The van der Waals surface area contributed by atoms with E-state index in [0.29, 0.717) is 17.2 Å². The van der Waals surface area contributed by atoms with Crippen LogP contribution in [-0.4, -0.2) is 65.1 Å². The first-order valence-corrected chi connectivity index (χ1v) is 14.9. The molecule has 10 nitrogen and oxygen atoms in total. The Hall–Kier alpha value is -4.25. The summed E-state index contributed by atoms with van der Waals surface area (Å²) in [6, 6.07) is 17.2. The monoisotopic (exact) mass is 597 g/mol. The van der Waals surface area contributed by atoms with Gasteiger partial charge in [0.2, 0.25) is 11.8 Å². The molecule has 0 heterocycles. The second-order valence-corrected chi connectivity index (χ2v) is 11.9. The maximum atomic E-state index is 14.1. The molecule has 0 aromatic heterocycles. The van der Waals surface area contributed by atoms with Crippen molar-refractivity contribution in [3.8, 4) is 17.2 Å². The highest BCUT2D eigenvalue weighted by atomic mass is 32.2. The maximum Gasteiger partial charge on any atom is 0.264 e. The Labute approximate surface area is 248 Å². The Kier molecular flexibility index (Phi) is 10.8. The van der Waals surface area contributed by atoms with Gasteiger partial charge in [0.1, 0.15) is 18.3 Å². The van der Waals surface area contributed by atoms with Gasteiger partial charge in [0.05, 0.1) is 31.9 Å². The van der Waals surface area contributed by atoms with Crippen LogP contribution in [0.25, 0.3) is 0 Å². The molecule has 3 aromatic rings. The largest absolute Gasteiger partial charge is 0.497 e. The molecule has 3 aromatic carbocycles. The van der Waals surface area contributed by atoms with Crippen LogP contribution in [0.1, 0.15) is 31.9 Å². The molecule has 3 rings (SSSR count). The highest BCUT2D eigenvalue weighted by molar-refractivity contribution is 7.92. The predicted octanol–water partition coefficient (Wildman–Crippen LogP) is 4.16. The fourth-order valence-corrected chi connectivity index (χ4v) is 5.69. The average molecular weight is 598 g/mol. The van der Waals surface area contributed by atoms with Gasteiger partial charge < -0.3 is 24.4 Å². The number of ether oxygens (including phenoxy) is 3. The molecule has 0 aliphatic heterocycles. The van der Waals surface area contributed by atoms with Crippen molar-refractivity contribution in [3.63, 3.8) is 0 Å². The van der Waals surface area contributed by atoms with Crippen LogP contribution in [0.2, 0.25) is 0 Å². The molecule has 0 bridgehead atoms. The number of nitrogens with one attached hydrogen (secondary N) is 1. The lowest BCUT2D eigenvalue weighted by atomic mass is 10.1. The summed E-state index contributed by atoms with van der Waals surface area (Å²) >= 11 is 0. The summed E-state index contributed by atoms with van der Waals surface area (Å²) in [7, 11) is 0.159. The van der Waals surface area contributed by atoms with Crippen LogP contribution in [0.4, 0.5) is 5.69 Å². The van der Waals surface area contributed by atoms with Crippen molar-refractivity contribution in [2.45, 2.75) is 51.2 Å². The quantitative estimate of drug-likeness (QED) is 0.315. The minimum atomic E-state index is -4.27. The van der Waals surface area contributed by atoms with Crippen LogP contribution in [0.5, 0.6) is 17.2 Å². The molecule has 11 heteroatoms. The third kappa shape index (κ3) is 7.73. The number of benzene rings is 3. The van der Waals surface area contributed by atoms with E-state index in [1.807, 2.05) is 20.8 Å². The molecule has 0 fully saturated rings. The number of nitrogens with zero attached hydrogens (tertiary/aromatic N) is 2. The number of amides is 2. The molecular formula is C31H39N3O7S. The third-order valence-corrected chi connectivity index (χ3v) is 8.42. The van der Waals surface area contributed by atoms with E-state index in [9.17, 15) is 18.0 Å². The zero-order valence-electron chi connectivity index (χ0n) is 25.1. The minimum absolute atomic E-state index is 0.0770. The van der Waals surface area contributed by atoms with Gasteiger partial charge in [-0.2, -0.15) is 0 Å². The first kappa shape index (κ1) is 32.3. The summed E-state index contributed by atoms with van der Waals surface area (Å²) in [5.74, 6) is 0.339. The fourth-order valence-electron chi connectivity index (χ4n) is 4.26. The van der Waals surface area contributed by atoms with E-state index >= 15 is 0 Å². The van der Waals surface area contributed by atoms with Gasteiger partial charge in [-0.25, -0.2) is 8.42 Å². The molecule has 0 unspecified atom stereocenters. The van der Waals surface area contributed by atoms with E-state index in [-0.39, 0.29) is 29.1 Å². The lowest BCUT2D eigenvalue weighted by molar-refractivity contribution is -0.139. The molecule has 0 radical (unpaired) electrons. The Balaban J connectivity index is 2.06. The molecule has 1 N–H and O–H groups in total. The van der Waals surface area contributed by atoms with Gasteiger partial charge in [0, 0.05) is 18.7 Å². The van der Waals surface area contributed by atoms with Crippen molar-refractivity contribution in [1.29, 1.82) is 0 Å². The smallest absolute Gasteiger partial charge is 0.264 e. The number of sulfonamides is 1. The molecule has 1 atom stereocenters. The number of hydrogen-bond donors (Lipinski definition) is 1. The number of aryl methyl sites for hydroxylation is 1. The highest BCUT2D eigenvalue weighted by Gasteiger charge is 2.33. The second-order valence-electron chi connectivity index (χ2n) is 10.1. The zero-order valence-corrected chi connectivity index (χ0v) is 25.9. The Morgan fingerprint density at radius 3 is 2.00 bits per heavy atom. The lowest BCUT2D eigenvalue weighted by Crippen LogP contribution is -2.52. The van der Waals surface area contributed by atoms with Gasteiger partial charge in [0.15, 0.2) is 11.5 Å². The van der Waals surface area contributed by atoms with Gasteiger partial charge in [-0.05, 0) is 69.7 Å². The van der Waals surface area contributed by atoms with Crippen LogP contribution in [0.15, 0.2) is 71.6 Å². The van der Waals surface area contributed by atoms with Crippen LogP contribution in [0.3, 0.4) is 0 Å². The standard InChI is InChI=1S/C31H39N3O7S/c1-21(2)32-31(36)23(4)33(19-24-10-14-26(39-5)15-11-24)30(35)20-34(25-12-8-22(3)9-13-25)42(37,38)27-16-17-28(40-6)29(18-27)41-7/h8-18,21,23H,19-20H2,1-7H3,(H,32,36)/t23-/m1/s1. The highest BCUT2D eigenvalue weighted by Crippen LogP contribution is 2.32. The molecule has 0 saturated heterocycles. The Bertz CT molecular complexity index is 1470. The van der Waals surface area contributed by atoms with E-state index in [0.717, 1.165) is 15.4 Å². The zero-order chi connectivity index (χ0) is 31.0. The van der Waals surface area contributed by atoms with Crippen molar-refractivity contribution in [1.82, 2.24) is 10.2 Å². The first-order chi connectivity index (χ1) is 19.9. The molecule has 0 saturated carbocycles. The summed E-state index contributed by atoms with van der Waals surface area (Å²) in [6.07, 6.45) is 0. The van der Waals surface area contributed by atoms with Crippen LogP contribution < -0.4 is 23.8 Å². The van der Waals surface area contributed by atoms with Gasteiger partial charge in [-0.3, -0.25) is 13.9 Å². The summed E-state index contributed by atoms with van der Waals surface area (Å²) in [6.45, 7) is 6.69. The average Bonchev–Trinajstić information content (AvgIpc) is 2.98. The van der Waals surface area contributed by atoms with Gasteiger partial charge >= 0.3 is 0 Å². The number of anilines is 1. The van der Waals surface area contributed by atoms with Crippen molar-refractivity contribution in [3.05, 3.63) is 77.9 Å². The van der Waals surface area contributed by atoms with E-state index in [4.69, 9.17) is 14.2 Å². The van der Waals surface area contributed by atoms with Crippen LogP contribution in [0, 0.1) is 6.92 Å². The molecular weight excluding hydrogens is 558 g/mol. The Morgan fingerprint density at radius 1 is 0.833 bits per heavy atom. The maximum absolute atomic E-state index is 14.1. The number of hydrogen-bond acceptors (Lipinski definition) is 7. The van der Waals surface area contributed by atoms with Crippen molar-refractivity contribution < 1.29 is 32.2 Å². The second kappa shape index (κ2) is 14.1. The first-order valence-electron chi connectivity index (χ1n) is 13.5. The SMILES string of the molecule is COc1ccc(CN(C(=O)CN(c2ccc(C)cc2)S(=O)(=O)c2ccc(OC)c(OC)c2)[C@H](C)C(=O)NC(C)C)cc1. The molecule has 226 valence electrons. The summed E-state index contributed by atoms with van der Waals surface area (Å²) in [5, 5.41) is 2.84. The minimum Gasteiger partial charge on any atom is -0.497 e. The molecule has 0 aliphatic rings. The number of methoxy groups -OCH3 is 3. The summed E-state index contributed by atoms with van der Waals surface area (Å²) in [4.78, 5) is 28.4. The van der Waals surface area contributed by atoms with E-state index < -0.39 is 28.5 Å². The van der Waals surface area contributed by atoms with Crippen molar-refractivity contribution in [2.75, 3.05) is 32.2 Å². The van der Waals surface area contributed by atoms with Crippen molar-refractivity contribution >= 4 is 27.5 Å². The summed E-state index contributed by atoms with van der Waals surface area (Å²) in [5.41, 5.74) is 1.97. The fraction of sp³-hybridized carbons (Fsp3) is 0.355. The molecule has 0 aliphatic carbocycles. The predicted molar refractivity (Wildman–Crippen MR) is 162 cm³/mol. The topological polar surface area (TPSA) is 114 Å². The van der Waals surface area contributed by atoms with Gasteiger partial charge in [-0.15, -0.1) is 0 Å². The van der Waals surface area contributed by atoms with Gasteiger partial charge in [0.25, 0.3) is 10.0 Å². The molecule has 42 heavy (non-hydrogen) atoms. The van der Waals surface area contributed by atoms with Crippen molar-refractivity contribution in [2.24, 2.45) is 0 Å². The van der Waals surface area contributed by atoms with E-state index in [1.54, 1.807) is 62.6 Å². The lowest BCUT2D eigenvalue weighted by Gasteiger charge is -2.32. The van der Waals surface area contributed by atoms with Gasteiger partial charge in [-0.1, -0.05) is 29.8 Å². The normalized spacial score (nSPS) is 11.9. The molecule has 0 spiro atoms. The molecule has 2 amide bonds. The van der Waals surface area contributed by atoms with Crippen LogP contribution in [-0.2, 0) is 26.2 Å². The third-order valence-electron chi connectivity index (χ3n) is 6.65.